The van der Waals surface area contributed by atoms with Gasteiger partial charge in [-0.2, -0.15) is 0 Å². The van der Waals surface area contributed by atoms with Gasteiger partial charge in [0.2, 0.25) is 0 Å². The molecule has 0 aromatic heterocycles. The van der Waals surface area contributed by atoms with Crippen LogP contribution in [-0.4, -0.2) is 23.5 Å². The molecule has 0 aliphatic heterocycles. The Balaban J connectivity index is 3.09. The normalized spacial score (nSPS) is 11.8. The van der Waals surface area contributed by atoms with Crippen molar-refractivity contribution >= 4 is 22.0 Å². The zero-order chi connectivity index (χ0) is 15.6. The molecule has 1 rings (SSSR count). The fourth-order valence-corrected chi connectivity index (χ4v) is 19.5. The maximum absolute atomic E-state index is 9.48. The molecule has 1 nitrogen and oxygen atoms in total. The first-order chi connectivity index (χ1) is 10.2. The molecular formula is C19H34OSn. The van der Waals surface area contributed by atoms with Crippen LogP contribution in [0.3, 0.4) is 0 Å². The molecule has 1 N–H and O–H groups in total. The van der Waals surface area contributed by atoms with Crippen molar-refractivity contribution in [3.63, 3.8) is 0 Å². The summed E-state index contributed by atoms with van der Waals surface area (Å²) in [6.07, 6.45) is 8.14. The molecule has 0 fully saturated rings. The molecule has 21 heavy (non-hydrogen) atoms. The van der Waals surface area contributed by atoms with Gasteiger partial charge in [-0.1, -0.05) is 0 Å². The van der Waals surface area contributed by atoms with Gasteiger partial charge in [0.1, 0.15) is 0 Å². The van der Waals surface area contributed by atoms with Gasteiger partial charge in [0.15, 0.2) is 0 Å². The second-order valence-electron chi connectivity index (χ2n) is 6.45. The van der Waals surface area contributed by atoms with Gasteiger partial charge in [-0.3, -0.25) is 0 Å². The van der Waals surface area contributed by atoms with Gasteiger partial charge < -0.3 is 0 Å². The number of hydrogen-bond donors (Lipinski definition) is 1. The second kappa shape index (κ2) is 10.7. The van der Waals surface area contributed by atoms with E-state index >= 15 is 0 Å². The van der Waals surface area contributed by atoms with E-state index in [0.29, 0.717) is 0 Å². The van der Waals surface area contributed by atoms with Crippen LogP contribution in [0.5, 0.6) is 0 Å². The Hall–Kier alpha value is -0.0213. The van der Waals surface area contributed by atoms with Gasteiger partial charge >= 0.3 is 136 Å². The van der Waals surface area contributed by atoms with Crippen molar-refractivity contribution in [3.8, 4) is 0 Å². The zero-order valence-corrected chi connectivity index (χ0v) is 17.2. The molecule has 120 valence electrons. The summed E-state index contributed by atoms with van der Waals surface area (Å²) in [4.78, 5) is 0. The topological polar surface area (TPSA) is 20.2 Å². The molecule has 1 aromatic rings. The third-order valence-corrected chi connectivity index (χ3v) is 20.4. The van der Waals surface area contributed by atoms with Crippen LogP contribution in [0.2, 0.25) is 13.3 Å². The van der Waals surface area contributed by atoms with Crippen molar-refractivity contribution in [2.24, 2.45) is 0 Å². The fourth-order valence-electron chi connectivity index (χ4n) is 3.35. The van der Waals surface area contributed by atoms with Crippen LogP contribution in [0.15, 0.2) is 24.3 Å². The standard InChI is InChI=1S/C7H7O.3C4H9.Sn/c8-6-7-4-2-1-3-5-7;3*1-3-4-2;/h1-2,4-5,8H,6H2;3*1,3-4H2,2H3;. The summed E-state index contributed by atoms with van der Waals surface area (Å²) in [5.74, 6) is 0. The van der Waals surface area contributed by atoms with Crippen molar-refractivity contribution in [1.29, 1.82) is 0 Å². The van der Waals surface area contributed by atoms with Crippen molar-refractivity contribution in [2.75, 3.05) is 0 Å². The Kier molecular flexibility index (Phi) is 9.66. The Morgan fingerprint density at radius 3 is 1.81 bits per heavy atom. The SMILES string of the molecule is CCC[CH2][Sn]([CH2]CCC)([CH2]CCC)[c]1cccc(CO)c1. The third-order valence-electron chi connectivity index (χ3n) is 4.75. The predicted octanol–water partition coefficient (Wildman–Crippen LogP) is 5.24. The molecule has 0 aliphatic carbocycles. The number of aliphatic hydroxyl groups is 1. The fraction of sp³-hybridized carbons (Fsp3) is 0.684. The third kappa shape index (κ3) is 5.94. The summed E-state index contributed by atoms with van der Waals surface area (Å²) < 4.78 is 6.17. The number of aliphatic hydroxyl groups excluding tert-OH is 1. The molecule has 0 heterocycles. The molecule has 0 saturated heterocycles. The van der Waals surface area contributed by atoms with Crippen molar-refractivity contribution in [3.05, 3.63) is 29.8 Å². The van der Waals surface area contributed by atoms with E-state index < -0.39 is 18.4 Å². The van der Waals surface area contributed by atoms with E-state index in [0.717, 1.165) is 5.56 Å². The van der Waals surface area contributed by atoms with Crippen LogP contribution in [0.25, 0.3) is 0 Å². The number of rotatable bonds is 11. The molecule has 0 spiro atoms. The molecule has 1 aromatic carbocycles. The van der Waals surface area contributed by atoms with Crippen LogP contribution in [0.4, 0.5) is 0 Å². The van der Waals surface area contributed by atoms with Gasteiger partial charge in [-0.05, 0) is 0 Å². The van der Waals surface area contributed by atoms with Gasteiger partial charge in [0.25, 0.3) is 0 Å². The first-order valence-electron chi connectivity index (χ1n) is 8.92. The molecule has 0 atom stereocenters. The van der Waals surface area contributed by atoms with E-state index in [4.69, 9.17) is 0 Å². The van der Waals surface area contributed by atoms with E-state index in [-0.39, 0.29) is 6.61 Å². The predicted molar refractivity (Wildman–Crippen MR) is 96.9 cm³/mol. The number of hydrogen-bond acceptors (Lipinski definition) is 1. The minimum atomic E-state index is -2.27. The Labute approximate surface area is 136 Å². The summed E-state index contributed by atoms with van der Waals surface area (Å²) >= 11 is -2.27. The van der Waals surface area contributed by atoms with E-state index in [9.17, 15) is 5.11 Å². The second-order valence-corrected chi connectivity index (χ2v) is 19.7. The molecule has 0 saturated carbocycles. The van der Waals surface area contributed by atoms with Gasteiger partial charge in [0, 0.05) is 0 Å². The van der Waals surface area contributed by atoms with E-state index in [1.165, 1.54) is 51.8 Å². The minimum absolute atomic E-state index is 0.186. The molecule has 0 bridgehead atoms. The average Bonchev–Trinajstić information content (AvgIpc) is 2.54. The van der Waals surface area contributed by atoms with Crippen molar-refractivity contribution < 1.29 is 5.11 Å². The summed E-state index contributed by atoms with van der Waals surface area (Å²) in [5, 5.41) is 9.48. The summed E-state index contributed by atoms with van der Waals surface area (Å²) in [6.45, 7) is 7.15. The van der Waals surface area contributed by atoms with Crippen molar-refractivity contribution in [1.82, 2.24) is 0 Å². The number of unbranched alkanes of at least 4 members (excludes halogenated alkanes) is 3. The first-order valence-corrected chi connectivity index (χ1v) is 16.4. The molecule has 2 heteroatoms. The molecule has 0 aliphatic rings. The van der Waals surface area contributed by atoms with Crippen LogP contribution in [-0.2, 0) is 6.61 Å². The van der Waals surface area contributed by atoms with Gasteiger partial charge in [0.05, 0.1) is 0 Å². The Morgan fingerprint density at radius 2 is 1.38 bits per heavy atom. The quantitative estimate of drug-likeness (QED) is 0.507. The molecular weight excluding hydrogens is 363 g/mol. The molecule has 0 amide bonds. The maximum atomic E-state index is 9.48. The Morgan fingerprint density at radius 1 is 0.857 bits per heavy atom. The zero-order valence-electron chi connectivity index (χ0n) is 14.3. The van der Waals surface area contributed by atoms with E-state index in [2.05, 4.69) is 45.0 Å². The summed E-state index contributed by atoms with van der Waals surface area (Å²) in [7, 11) is 0. The number of benzene rings is 1. The van der Waals surface area contributed by atoms with Crippen LogP contribution in [0, 0.1) is 0 Å². The van der Waals surface area contributed by atoms with Crippen LogP contribution >= 0.6 is 0 Å². The van der Waals surface area contributed by atoms with E-state index in [1.54, 1.807) is 3.58 Å². The van der Waals surface area contributed by atoms with Crippen LogP contribution < -0.4 is 3.58 Å². The van der Waals surface area contributed by atoms with Crippen molar-refractivity contribution in [2.45, 2.75) is 79.2 Å². The Bertz CT molecular complexity index is 367. The van der Waals surface area contributed by atoms with Crippen LogP contribution in [0.1, 0.15) is 64.9 Å². The monoisotopic (exact) mass is 398 g/mol. The first kappa shape index (κ1) is 19.0. The molecule has 0 unspecified atom stereocenters. The summed E-state index contributed by atoms with van der Waals surface area (Å²) in [5.41, 5.74) is 1.11. The van der Waals surface area contributed by atoms with Gasteiger partial charge in [-0.25, -0.2) is 0 Å². The summed E-state index contributed by atoms with van der Waals surface area (Å²) in [6, 6.07) is 8.98. The average molecular weight is 397 g/mol. The van der Waals surface area contributed by atoms with Gasteiger partial charge in [-0.15, -0.1) is 0 Å². The van der Waals surface area contributed by atoms with E-state index in [1.807, 2.05) is 0 Å². The molecule has 0 radical (unpaired) electrons.